The minimum Gasteiger partial charge on any atom is -0.445 e. The van der Waals surface area contributed by atoms with Crippen LogP contribution in [0.1, 0.15) is 23.6 Å². The lowest BCUT2D eigenvalue weighted by Crippen LogP contribution is -2.44. The maximum absolute atomic E-state index is 12.7. The standard InChI is InChI=1S/C28H28N4O3/c1-21(30-28(34)35-20-23-13-7-3-8-14-23)27(33)29-17-25-19-32(18-22-11-5-2-6-12-22)31-26(25)24-15-9-4-10-16-24/h2-16,19,21H,17-18,20H2,1H3,(H,29,33)(H,30,34)/t21-/m0/s1. The van der Waals surface area contributed by atoms with Crippen LogP contribution in [0.5, 0.6) is 0 Å². The summed E-state index contributed by atoms with van der Waals surface area (Å²) in [6.07, 6.45) is 1.30. The van der Waals surface area contributed by atoms with Crippen LogP contribution in [-0.2, 0) is 29.2 Å². The van der Waals surface area contributed by atoms with Gasteiger partial charge in [0.1, 0.15) is 12.6 Å². The SMILES string of the molecule is C[C@H](NC(=O)OCc1ccccc1)C(=O)NCc1cn(Cc2ccccc2)nc1-c1ccccc1. The van der Waals surface area contributed by atoms with Crippen LogP contribution in [0, 0.1) is 0 Å². The van der Waals surface area contributed by atoms with Crippen molar-refractivity contribution in [2.45, 2.75) is 32.7 Å². The molecular weight excluding hydrogens is 440 g/mol. The van der Waals surface area contributed by atoms with Crippen molar-refractivity contribution in [2.75, 3.05) is 0 Å². The maximum Gasteiger partial charge on any atom is 0.408 e. The summed E-state index contributed by atoms with van der Waals surface area (Å²) in [6.45, 7) is 2.67. The molecule has 7 nitrogen and oxygen atoms in total. The van der Waals surface area contributed by atoms with Crippen LogP contribution in [-0.4, -0.2) is 27.8 Å². The monoisotopic (exact) mass is 468 g/mol. The first-order valence-corrected chi connectivity index (χ1v) is 11.5. The van der Waals surface area contributed by atoms with Gasteiger partial charge in [0.15, 0.2) is 0 Å². The Balaban J connectivity index is 1.37. The van der Waals surface area contributed by atoms with Gasteiger partial charge in [0.2, 0.25) is 5.91 Å². The molecule has 0 radical (unpaired) electrons. The summed E-state index contributed by atoms with van der Waals surface area (Å²) in [5, 5.41) is 10.3. The van der Waals surface area contributed by atoms with Crippen LogP contribution in [0.2, 0.25) is 0 Å². The third-order valence-corrected chi connectivity index (χ3v) is 5.47. The summed E-state index contributed by atoms with van der Waals surface area (Å²) in [7, 11) is 0. The Hall–Kier alpha value is -4.39. The van der Waals surface area contributed by atoms with Crippen LogP contribution in [0.25, 0.3) is 11.3 Å². The fourth-order valence-corrected chi connectivity index (χ4v) is 3.63. The fourth-order valence-electron chi connectivity index (χ4n) is 3.63. The minimum absolute atomic E-state index is 0.141. The predicted octanol–water partition coefficient (Wildman–Crippen LogP) is 4.53. The first kappa shape index (κ1) is 23.8. The highest BCUT2D eigenvalue weighted by Crippen LogP contribution is 2.22. The zero-order chi connectivity index (χ0) is 24.5. The summed E-state index contributed by atoms with van der Waals surface area (Å²) in [5.41, 5.74) is 4.68. The molecule has 178 valence electrons. The molecule has 1 aromatic heterocycles. The summed E-state index contributed by atoms with van der Waals surface area (Å²) in [4.78, 5) is 24.8. The summed E-state index contributed by atoms with van der Waals surface area (Å²) in [5.74, 6) is -0.309. The number of hydrogen-bond acceptors (Lipinski definition) is 4. The molecule has 35 heavy (non-hydrogen) atoms. The second-order valence-corrected chi connectivity index (χ2v) is 8.20. The Bertz CT molecular complexity index is 1240. The van der Waals surface area contributed by atoms with E-state index in [1.54, 1.807) is 6.92 Å². The van der Waals surface area contributed by atoms with E-state index in [1.807, 2.05) is 89.7 Å². The van der Waals surface area contributed by atoms with Gasteiger partial charge >= 0.3 is 6.09 Å². The number of benzene rings is 3. The number of amides is 2. The first-order valence-electron chi connectivity index (χ1n) is 11.5. The number of ether oxygens (including phenoxy) is 1. The smallest absolute Gasteiger partial charge is 0.408 e. The van der Waals surface area contributed by atoms with E-state index in [2.05, 4.69) is 22.8 Å². The number of aromatic nitrogens is 2. The fraction of sp³-hybridized carbons (Fsp3) is 0.179. The highest BCUT2D eigenvalue weighted by atomic mass is 16.5. The van der Waals surface area contributed by atoms with E-state index in [9.17, 15) is 9.59 Å². The van der Waals surface area contributed by atoms with Gasteiger partial charge in [0.05, 0.1) is 12.2 Å². The maximum atomic E-state index is 12.7. The van der Waals surface area contributed by atoms with Gasteiger partial charge in [0, 0.05) is 23.9 Å². The molecule has 2 amide bonds. The average Bonchev–Trinajstić information content (AvgIpc) is 3.30. The van der Waals surface area contributed by atoms with E-state index in [-0.39, 0.29) is 19.1 Å². The van der Waals surface area contributed by atoms with Gasteiger partial charge < -0.3 is 15.4 Å². The van der Waals surface area contributed by atoms with Crippen molar-refractivity contribution in [1.82, 2.24) is 20.4 Å². The van der Waals surface area contributed by atoms with Crippen molar-refractivity contribution in [2.24, 2.45) is 0 Å². The molecule has 0 saturated heterocycles. The molecule has 0 aliphatic carbocycles. The minimum atomic E-state index is -0.752. The number of nitrogens with zero attached hydrogens (tertiary/aromatic N) is 2. The number of carbonyl (C=O) groups is 2. The molecule has 1 heterocycles. The van der Waals surface area contributed by atoms with Crippen LogP contribution in [0.3, 0.4) is 0 Å². The molecule has 0 aliphatic heterocycles. The first-order chi connectivity index (χ1) is 17.1. The van der Waals surface area contributed by atoms with E-state index in [0.717, 1.165) is 27.9 Å². The van der Waals surface area contributed by atoms with Gasteiger partial charge in [-0.3, -0.25) is 9.48 Å². The third kappa shape index (κ3) is 6.80. The molecule has 0 unspecified atom stereocenters. The Morgan fingerprint density at radius 2 is 1.49 bits per heavy atom. The van der Waals surface area contributed by atoms with Crippen LogP contribution >= 0.6 is 0 Å². The highest BCUT2D eigenvalue weighted by Gasteiger charge is 2.18. The third-order valence-electron chi connectivity index (χ3n) is 5.47. The molecule has 1 atom stereocenters. The molecule has 3 aromatic carbocycles. The zero-order valence-corrected chi connectivity index (χ0v) is 19.6. The van der Waals surface area contributed by atoms with Crippen molar-refractivity contribution in [3.8, 4) is 11.3 Å². The number of hydrogen-bond donors (Lipinski definition) is 2. The van der Waals surface area contributed by atoms with Crippen molar-refractivity contribution < 1.29 is 14.3 Å². The number of carbonyl (C=O) groups excluding carboxylic acids is 2. The van der Waals surface area contributed by atoms with E-state index in [4.69, 9.17) is 9.84 Å². The number of rotatable bonds is 9. The lowest BCUT2D eigenvalue weighted by Gasteiger charge is -2.14. The van der Waals surface area contributed by atoms with Crippen LogP contribution in [0.15, 0.2) is 97.2 Å². The average molecular weight is 469 g/mol. The Morgan fingerprint density at radius 3 is 2.14 bits per heavy atom. The van der Waals surface area contributed by atoms with Gasteiger partial charge in [-0.2, -0.15) is 5.10 Å². The molecule has 0 fully saturated rings. The quantitative estimate of drug-likeness (QED) is 0.378. The summed E-state index contributed by atoms with van der Waals surface area (Å²) < 4.78 is 7.08. The normalized spacial score (nSPS) is 11.5. The Morgan fingerprint density at radius 1 is 0.886 bits per heavy atom. The van der Waals surface area contributed by atoms with Crippen molar-refractivity contribution in [1.29, 1.82) is 0 Å². The Kier molecular flexibility index (Phi) is 7.91. The van der Waals surface area contributed by atoms with Gasteiger partial charge in [0.25, 0.3) is 0 Å². The number of nitrogens with one attached hydrogen (secondary N) is 2. The predicted molar refractivity (Wildman–Crippen MR) is 134 cm³/mol. The van der Waals surface area contributed by atoms with Crippen LogP contribution < -0.4 is 10.6 Å². The van der Waals surface area contributed by atoms with E-state index < -0.39 is 12.1 Å². The molecule has 7 heteroatoms. The summed E-state index contributed by atoms with van der Waals surface area (Å²) >= 11 is 0. The molecule has 0 bridgehead atoms. The molecular formula is C28H28N4O3. The molecule has 4 aromatic rings. The molecule has 2 N–H and O–H groups in total. The molecule has 4 rings (SSSR count). The summed E-state index contributed by atoms with van der Waals surface area (Å²) in [6, 6.07) is 28.6. The highest BCUT2D eigenvalue weighted by molar-refractivity contribution is 5.85. The second-order valence-electron chi connectivity index (χ2n) is 8.20. The Labute approximate surface area is 204 Å². The lowest BCUT2D eigenvalue weighted by atomic mass is 10.1. The van der Waals surface area contributed by atoms with E-state index in [1.165, 1.54) is 0 Å². The molecule has 0 aliphatic rings. The van der Waals surface area contributed by atoms with Gasteiger partial charge in [-0.25, -0.2) is 4.79 Å². The lowest BCUT2D eigenvalue weighted by molar-refractivity contribution is -0.122. The largest absolute Gasteiger partial charge is 0.445 e. The van der Waals surface area contributed by atoms with Crippen molar-refractivity contribution >= 4 is 12.0 Å². The van der Waals surface area contributed by atoms with Gasteiger partial charge in [-0.1, -0.05) is 91.0 Å². The molecule has 0 spiro atoms. The van der Waals surface area contributed by atoms with Gasteiger partial charge in [-0.05, 0) is 18.1 Å². The number of alkyl carbamates (subject to hydrolysis) is 1. The van der Waals surface area contributed by atoms with Gasteiger partial charge in [-0.15, -0.1) is 0 Å². The second kappa shape index (κ2) is 11.7. The van der Waals surface area contributed by atoms with E-state index in [0.29, 0.717) is 6.54 Å². The van der Waals surface area contributed by atoms with Crippen LogP contribution in [0.4, 0.5) is 4.79 Å². The zero-order valence-electron chi connectivity index (χ0n) is 19.6. The van der Waals surface area contributed by atoms with Crippen molar-refractivity contribution in [3.63, 3.8) is 0 Å². The molecule has 0 saturated carbocycles. The van der Waals surface area contributed by atoms with Crippen molar-refractivity contribution in [3.05, 3.63) is 114 Å². The topological polar surface area (TPSA) is 85.2 Å². The van der Waals surface area contributed by atoms with E-state index >= 15 is 0 Å².